The standard InChI is InChI=1S/C15H18N2/c16-12-14-6-8-15(9-7-14)17-11-10-13-4-2-1-3-5-13/h4,6-9,17H,1-3,5,10-11H2. The van der Waals surface area contributed by atoms with Gasteiger partial charge in [-0.25, -0.2) is 0 Å². The summed E-state index contributed by atoms with van der Waals surface area (Å²) < 4.78 is 0. The van der Waals surface area contributed by atoms with Crippen LogP contribution < -0.4 is 5.32 Å². The van der Waals surface area contributed by atoms with Gasteiger partial charge in [-0.3, -0.25) is 0 Å². The molecule has 0 spiro atoms. The molecule has 2 rings (SSSR count). The molecule has 0 heterocycles. The molecule has 0 saturated heterocycles. The molecular weight excluding hydrogens is 208 g/mol. The Labute approximate surface area is 103 Å². The summed E-state index contributed by atoms with van der Waals surface area (Å²) in [6.45, 7) is 0.984. The number of anilines is 1. The van der Waals surface area contributed by atoms with Gasteiger partial charge in [-0.2, -0.15) is 5.26 Å². The fourth-order valence-electron chi connectivity index (χ4n) is 2.16. The maximum Gasteiger partial charge on any atom is 0.0991 e. The normalized spacial score (nSPS) is 14.9. The highest BCUT2D eigenvalue weighted by Gasteiger charge is 2.02. The van der Waals surface area contributed by atoms with Crippen molar-refractivity contribution < 1.29 is 0 Å². The van der Waals surface area contributed by atoms with E-state index < -0.39 is 0 Å². The Kier molecular flexibility index (Phi) is 4.21. The second-order valence-corrected chi connectivity index (χ2v) is 4.47. The Hall–Kier alpha value is -1.75. The van der Waals surface area contributed by atoms with E-state index in [0.29, 0.717) is 5.56 Å². The minimum Gasteiger partial charge on any atom is -0.385 e. The van der Waals surface area contributed by atoms with Gasteiger partial charge in [-0.05, 0) is 56.4 Å². The molecule has 2 heteroatoms. The highest BCUT2D eigenvalue weighted by Crippen LogP contribution is 2.20. The van der Waals surface area contributed by atoms with E-state index in [0.717, 1.165) is 18.7 Å². The van der Waals surface area contributed by atoms with Crippen LogP contribution in [-0.4, -0.2) is 6.54 Å². The van der Waals surface area contributed by atoms with E-state index in [1.54, 1.807) is 5.57 Å². The second kappa shape index (κ2) is 6.10. The molecule has 1 aliphatic rings. The summed E-state index contributed by atoms with van der Waals surface area (Å²) in [6.07, 6.45) is 8.76. The van der Waals surface area contributed by atoms with E-state index in [1.165, 1.54) is 25.7 Å². The highest BCUT2D eigenvalue weighted by atomic mass is 14.9. The Morgan fingerprint density at radius 3 is 2.65 bits per heavy atom. The van der Waals surface area contributed by atoms with Crippen molar-refractivity contribution in [2.75, 3.05) is 11.9 Å². The number of nitriles is 1. The van der Waals surface area contributed by atoms with E-state index in [4.69, 9.17) is 5.26 Å². The van der Waals surface area contributed by atoms with Gasteiger partial charge in [0.1, 0.15) is 0 Å². The Bertz CT molecular complexity index is 423. The summed E-state index contributed by atoms with van der Waals surface area (Å²) in [7, 11) is 0. The summed E-state index contributed by atoms with van der Waals surface area (Å²) >= 11 is 0. The third-order valence-corrected chi connectivity index (χ3v) is 3.17. The molecule has 1 N–H and O–H groups in total. The molecule has 0 amide bonds. The van der Waals surface area contributed by atoms with Crippen LogP contribution in [-0.2, 0) is 0 Å². The molecule has 0 aliphatic heterocycles. The quantitative estimate of drug-likeness (QED) is 0.791. The van der Waals surface area contributed by atoms with Crippen molar-refractivity contribution in [2.24, 2.45) is 0 Å². The lowest BCUT2D eigenvalue weighted by atomic mass is 9.97. The van der Waals surface area contributed by atoms with Crippen LogP contribution in [0.1, 0.15) is 37.7 Å². The van der Waals surface area contributed by atoms with E-state index in [9.17, 15) is 0 Å². The van der Waals surface area contributed by atoms with E-state index in [-0.39, 0.29) is 0 Å². The molecule has 88 valence electrons. The summed E-state index contributed by atoms with van der Waals surface area (Å²) in [5.41, 5.74) is 3.41. The number of allylic oxidation sites excluding steroid dienone is 1. The van der Waals surface area contributed by atoms with Gasteiger partial charge in [0.2, 0.25) is 0 Å². The lowest BCUT2D eigenvalue weighted by molar-refractivity contribution is 0.679. The van der Waals surface area contributed by atoms with Crippen LogP contribution in [0.15, 0.2) is 35.9 Å². The number of hydrogen-bond donors (Lipinski definition) is 1. The average Bonchev–Trinajstić information content (AvgIpc) is 2.41. The lowest BCUT2D eigenvalue weighted by Crippen LogP contribution is -2.04. The van der Waals surface area contributed by atoms with Crippen LogP contribution in [0.5, 0.6) is 0 Å². The van der Waals surface area contributed by atoms with Crippen LogP contribution in [0.2, 0.25) is 0 Å². The molecule has 0 unspecified atom stereocenters. The predicted molar refractivity (Wildman–Crippen MR) is 70.8 cm³/mol. The van der Waals surface area contributed by atoms with Gasteiger partial charge < -0.3 is 5.32 Å². The number of nitrogens with zero attached hydrogens (tertiary/aromatic N) is 1. The van der Waals surface area contributed by atoms with Crippen LogP contribution >= 0.6 is 0 Å². The topological polar surface area (TPSA) is 35.8 Å². The van der Waals surface area contributed by atoms with Crippen molar-refractivity contribution in [3.63, 3.8) is 0 Å². The van der Waals surface area contributed by atoms with E-state index >= 15 is 0 Å². The van der Waals surface area contributed by atoms with Crippen LogP contribution in [0, 0.1) is 11.3 Å². The number of rotatable bonds is 4. The zero-order chi connectivity index (χ0) is 11.9. The summed E-state index contributed by atoms with van der Waals surface area (Å²) in [6, 6.07) is 9.76. The molecule has 0 aromatic heterocycles. The highest BCUT2D eigenvalue weighted by molar-refractivity contribution is 5.47. The molecule has 1 aromatic rings. The molecule has 0 atom stereocenters. The first-order chi connectivity index (χ1) is 8.38. The first-order valence-corrected chi connectivity index (χ1v) is 6.30. The van der Waals surface area contributed by atoms with E-state index in [2.05, 4.69) is 17.5 Å². The fourth-order valence-corrected chi connectivity index (χ4v) is 2.16. The molecule has 2 nitrogen and oxygen atoms in total. The first kappa shape index (κ1) is 11.7. The Morgan fingerprint density at radius 1 is 1.18 bits per heavy atom. The molecule has 17 heavy (non-hydrogen) atoms. The number of nitrogens with one attached hydrogen (secondary N) is 1. The van der Waals surface area contributed by atoms with Crippen LogP contribution in [0.3, 0.4) is 0 Å². The van der Waals surface area contributed by atoms with Gasteiger partial charge in [0.15, 0.2) is 0 Å². The molecule has 0 saturated carbocycles. The zero-order valence-corrected chi connectivity index (χ0v) is 10.1. The Balaban J connectivity index is 1.77. The Morgan fingerprint density at radius 2 is 2.00 bits per heavy atom. The van der Waals surface area contributed by atoms with E-state index in [1.807, 2.05) is 24.3 Å². The summed E-state index contributed by atoms with van der Waals surface area (Å²) in [5, 5.41) is 12.1. The molecule has 1 aromatic carbocycles. The third-order valence-electron chi connectivity index (χ3n) is 3.17. The number of hydrogen-bond acceptors (Lipinski definition) is 2. The molecular formula is C15H18N2. The summed E-state index contributed by atoms with van der Waals surface area (Å²) in [5.74, 6) is 0. The van der Waals surface area contributed by atoms with Crippen LogP contribution in [0.25, 0.3) is 0 Å². The van der Waals surface area contributed by atoms with Gasteiger partial charge in [0.05, 0.1) is 11.6 Å². The number of benzene rings is 1. The molecule has 0 fully saturated rings. The average molecular weight is 226 g/mol. The van der Waals surface area contributed by atoms with Gasteiger partial charge in [0, 0.05) is 12.2 Å². The minimum atomic E-state index is 0.713. The summed E-state index contributed by atoms with van der Waals surface area (Å²) in [4.78, 5) is 0. The first-order valence-electron chi connectivity index (χ1n) is 6.30. The third kappa shape index (κ3) is 3.64. The second-order valence-electron chi connectivity index (χ2n) is 4.47. The van der Waals surface area contributed by atoms with Crippen molar-refractivity contribution in [1.29, 1.82) is 5.26 Å². The van der Waals surface area contributed by atoms with Crippen molar-refractivity contribution in [1.82, 2.24) is 0 Å². The lowest BCUT2D eigenvalue weighted by Gasteiger charge is -2.13. The molecule has 0 bridgehead atoms. The predicted octanol–water partition coefficient (Wildman–Crippen LogP) is 3.86. The van der Waals surface area contributed by atoms with Crippen molar-refractivity contribution in [2.45, 2.75) is 32.1 Å². The van der Waals surface area contributed by atoms with Crippen molar-refractivity contribution in [3.8, 4) is 6.07 Å². The fraction of sp³-hybridized carbons (Fsp3) is 0.400. The van der Waals surface area contributed by atoms with Crippen molar-refractivity contribution >= 4 is 5.69 Å². The largest absolute Gasteiger partial charge is 0.385 e. The van der Waals surface area contributed by atoms with Crippen molar-refractivity contribution in [3.05, 3.63) is 41.5 Å². The molecule has 0 radical (unpaired) electrons. The van der Waals surface area contributed by atoms with Gasteiger partial charge in [-0.15, -0.1) is 0 Å². The monoisotopic (exact) mass is 226 g/mol. The van der Waals surface area contributed by atoms with Gasteiger partial charge in [0.25, 0.3) is 0 Å². The maximum absolute atomic E-state index is 8.70. The SMILES string of the molecule is N#Cc1ccc(NCCC2=CCCCC2)cc1. The molecule has 1 aliphatic carbocycles. The minimum absolute atomic E-state index is 0.713. The van der Waals surface area contributed by atoms with Gasteiger partial charge in [-0.1, -0.05) is 11.6 Å². The smallest absolute Gasteiger partial charge is 0.0991 e. The maximum atomic E-state index is 8.70. The van der Waals surface area contributed by atoms with Gasteiger partial charge >= 0.3 is 0 Å². The van der Waals surface area contributed by atoms with Crippen LogP contribution in [0.4, 0.5) is 5.69 Å². The zero-order valence-electron chi connectivity index (χ0n) is 10.1.